The van der Waals surface area contributed by atoms with E-state index in [9.17, 15) is 4.79 Å². The molecule has 4 nitrogen and oxygen atoms in total. The summed E-state index contributed by atoms with van der Waals surface area (Å²) < 4.78 is 4.97. The molecule has 4 heteroatoms. The van der Waals surface area contributed by atoms with E-state index in [1.165, 1.54) is 6.07 Å². The van der Waals surface area contributed by atoms with Crippen molar-refractivity contribution in [3.63, 3.8) is 0 Å². The Kier molecular flexibility index (Phi) is 2.25. The first-order valence-corrected chi connectivity index (χ1v) is 4.39. The molecule has 0 aliphatic heterocycles. The number of methoxy groups -OCH3 is 1. The van der Waals surface area contributed by atoms with Crippen LogP contribution in [-0.4, -0.2) is 23.2 Å². The minimum Gasteiger partial charge on any atom is -0.481 e. The summed E-state index contributed by atoms with van der Waals surface area (Å²) in [5, 5.41) is 9.59. The van der Waals surface area contributed by atoms with E-state index in [0.717, 1.165) is 10.9 Å². The highest BCUT2D eigenvalue weighted by Crippen LogP contribution is 2.17. The summed E-state index contributed by atoms with van der Waals surface area (Å²) in [7, 11) is 1.54. The van der Waals surface area contributed by atoms with Gasteiger partial charge >= 0.3 is 5.97 Å². The molecule has 0 aliphatic carbocycles. The van der Waals surface area contributed by atoms with Crippen LogP contribution in [0.2, 0.25) is 0 Å². The standard InChI is InChI=1S/C11H9NO3/c1-15-10-5-3-7-6-8(11(13)14)2-4-9(7)12-10/h2-6H,1H3,(H,13,14). The highest BCUT2D eigenvalue weighted by molar-refractivity contribution is 5.93. The Hall–Kier alpha value is -2.10. The first-order valence-electron chi connectivity index (χ1n) is 4.39. The summed E-state index contributed by atoms with van der Waals surface area (Å²) >= 11 is 0. The number of hydrogen-bond acceptors (Lipinski definition) is 3. The van der Waals surface area contributed by atoms with Crippen molar-refractivity contribution in [1.82, 2.24) is 4.98 Å². The van der Waals surface area contributed by atoms with Gasteiger partial charge < -0.3 is 9.84 Å². The molecule has 0 bridgehead atoms. The SMILES string of the molecule is COc1ccc2cc(C(=O)O)ccc2n1. The van der Waals surface area contributed by atoms with Crippen molar-refractivity contribution in [2.75, 3.05) is 7.11 Å². The second kappa shape index (κ2) is 3.57. The Morgan fingerprint density at radius 2 is 2.13 bits per heavy atom. The highest BCUT2D eigenvalue weighted by Gasteiger charge is 2.04. The Labute approximate surface area is 86.1 Å². The fraction of sp³-hybridized carbons (Fsp3) is 0.0909. The minimum atomic E-state index is -0.937. The maximum atomic E-state index is 10.7. The number of carbonyl (C=O) groups is 1. The highest BCUT2D eigenvalue weighted by atomic mass is 16.5. The number of aromatic carboxylic acids is 1. The smallest absolute Gasteiger partial charge is 0.335 e. The van der Waals surface area contributed by atoms with Crippen molar-refractivity contribution < 1.29 is 14.6 Å². The van der Waals surface area contributed by atoms with Gasteiger partial charge in [0.1, 0.15) is 0 Å². The molecule has 2 rings (SSSR count). The van der Waals surface area contributed by atoms with E-state index in [1.807, 2.05) is 0 Å². The average molecular weight is 203 g/mol. The van der Waals surface area contributed by atoms with Crippen molar-refractivity contribution in [1.29, 1.82) is 0 Å². The molecule has 1 aromatic heterocycles. The van der Waals surface area contributed by atoms with Gasteiger partial charge in [0.15, 0.2) is 0 Å². The molecule has 0 aliphatic rings. The predicted molar refractivity (Wildman–Crippen MR) is 55.3 cm³/mol. The predicted octanol–water partition coefficient (Wildman–Crippen LogP) is 1.94. The number of fused-ring (bicyclic) bond motifs is 1. The number of benzene rings is 1. The molecule has 0 amide bonds. The molecule has 0 fully saturated rings. The van der Waals surface area contributed by atoms with Crippen molar-refractivity contribution in [2.45, 2.75) is 0 Å². The zero-order valence-corrected chi connectivity index (χ0v) is 8.10. The lowest BCUT2D eigenvalue weighted by Gasteiger charge is -2.02. The summed E-state index contributed by atoms with van der Waals surface area (Å²) in [4.78, 5) is 14.9. The Morgan fingerprint density at radius 3 is 2.80 bits per heavy atom. The number of pyridine rings is 1. The number of aromatic nitrogens is 1. The van der Waals surface area contributed by atoms with Crippen LogP contribution in [0.1, 0.15) is 10.4 Å². The summed E-state index contributed by atoms with van der Waals surface area (Å²) in [5.74, 6) is -0.418. The van der Waals surface area contributed by atoms with Crippen LogP contribution in [0.5, 0.6) is 5.88 Å². The van der Waals surface area contributed by atoms with Crippen LogP contribution < -0.4 is 4.74 Å². The van der Waals surface area contributed by atoms with E-state index in [-0.39, 0.29) is 5.56 Å². The molecule has 1 N–H and O–H groups in total. The third kappa shape index (κ3) is 1.74. The van der Waals surface area contributed by atoms with Crippen LogP contribution >= 0.6 is 0 Å². The third-order valence-corrected chi connectivity index (χ3v) is 2.12. The molecular formula is C11H9NO3. The lowest BCUT2D eigenvalue weighted by molar-refractivity contribution is 0.0697. The number of carboxylic acid groups (broad SMARTS) is 1. The number of nitrogens with zero attached hydrogens (tertiary/aromatic N) is 1. The molecule has 0 atom stereocenters. The molecule has 1 aromatic carbocycles. The largest absolute Gasteiger partial charge is 0.481 e. The third-order valence-electron chi connectivity index (χ3n) is 2.12. The molecule has 0 saturated carbocycles. The average Bonchev–Trinajstić information content (AvgIpc) is 2.27. The lowest BCUT2D eigenvalue weighted by atomic mass is 10.1. The molecule has 15 heavy (non-hydrogen) atoms. The van der Waals surface area contributed by atoms with Gasteiger partial charge in [-0.05, 0) is 24.3 Å². The van der Waals surface area contributed by atoms with Gasteiger partial charge in [-0.3, -0.25) is 0 Å². The normalized spacial score (nSPS) is 10.2. The van der Waals surface area contributed by atoms with E-state index in [2.05, 4.69) is 4.98 Å². The van der Waals surface area contributed by atoms with Gasteiger partial charge in [-0.1, -0.05) is 0 Å². The molecule has 0 spiro atoms. The van der Waals surface area contributed by atoms with Crippen molar-refractivity contribution >= 4 is 16.9 Å². The maximum absolute atomic E-state index is 10.7. The number of ether oxygens (including phenoxy) is 1. The molecule has 2 aromatic rings. The van der Waals surface area contributed by atoms with Gasteiger partial charge in [0.25, 0.3) is 0 Å². The van der Waals surface area contributed by atoms with Gasteiger partial charge in [0, 0.05) is 11.5 Å². The topological polar surface area (TPSA) is 59.4 Å². The molecule has 0 radical (unpaired) electrons. The van der Waals surface area contributed by atoms with Crippen LogP contribution in [0.4, 0.5) is 0 Å². The summed E-state index contributed by atoms with van der Waals surface area (Å²) in [6, 6.07) is 8.27. The van der Waals surface area contributed by atoms with Crippen molar-refractivity contribution in [3.05, 3.63) is 35.9 Å². The molecular weight excluding hydrogens is 194 g/mol. The van der Waals surface area contributed by atoms with Gasteiger partial charge in [-0.15, -0.1) is 0 Å². The zero-order chi connectivity index (χ0) is 10.8. The fourth-order valence-corrected chi connectivity index (χ4v) is 1.35. The van der Waals surface area contributed by atoms with Crippen LogP contribution in [0, 0.1) is 0 Å². The number of carboxylic acids is 1. The van der Waals surface area contributed by atoms with E-state index in [1.54, 1.807) is 31.4 Å². The summed E-state index contributed by atoms with van der Waals surface area (Å²) in [6.45, 7) is 0. The number of rotatable bonds is 2. The Morgan fingerprint density at radius 1 is 1.33 bits per heavy atom. The van der Waals surface area contributed by atoms with Gasteiger partial charge in [-0.25, -0.2) is 9.78 Å². The molecule has 1 heterocycles. The minimum absolute atomic E-state index is 0.259. The van der Waals surface area contributed by atoms with Gasteiger partial charge in [0.2, 0.25) is 5.88 Å². The van der Waals surface area contributed by atoms with E-state index in [4.69, 9.17) is 9.84 Å². The number of hydrogen-bond donors (Lipinski definition) is 1. The van der Waals surface area contributed by atoms with Crippen molar-refractivity contribution in [3.8, 4) is 5.88 Å². The van der Waals surface area contributed by atoms with E-state index < -0.39 is 5.97 Å². The Balaban J connectivity index is 2.59. The van der Waals surface area contributed by atoms with Crippen LogP contribution in [-0.2, 0) is 0 Å². The monoisotopic (exact) mass is 203 g/mol. The van der Waals surface area contributed by atoms with Crippen LogP contribution in [0.15, 0.2) is 30.3 Å². The van der Waals surface area contributed by atoms with Crippen LogP contribution in [0.3, 0.4) is 0 Å². The summed E-state index contributed by atoms with van der Waals surface area (Å²) in [6.07, 6.45) is 0. The lowest BCUT2D eigenvalue weighted by Crippen LogP contribution is -1.96. The quantitative estimate of drug-likeness (QED) is 0.810. The van der Waals surface area contributed by atoms with E-state index >= 15 is 0 Å². The first-order chi connectivity index (χ1) is 7.20. The molecule has 0 saturated heterocycles. The second-order valence-electron chi connectivity index (χ2n) is 3.07. The maximum Gasteiger partial charge on any atom is 0.335 e. The molecule has 76 valence electrons. The second-order valence-corrected chi connectivity index (χ2v) is 3.07. The van der Waals surface area contributed by atoms with Gasteiger partial charge in [0.05, 0.1) is 18.2 Å². The molecule has 0 unspecified atom stereocenters. The van der Waals surface area contributed by atoms with E-state index in [0.29, 0.717) is 5.88 Å². The van der Waals surface area contributed by atoms with Crippen molar-refractivity contribution in [2.24, 2.45) is 0 Å². The summed E-state index contributed by atoms with van der Waals surface area (Å²) in [5.41, 5.74) is 0.980. The first kappa shape index (κ1) is 9.45. The van der Waals surface area contributed by atoms with Gasteiger partial charge in [-0.2, -0.15) is 0 Å². The Bertz CT molecular complexity index is 522. The van der Waals surface area contributed by atoms with Crippen LogP contribution in [0.25, 0.3) is 10.9 Å². The zero-order valence-electron chi connectivity index (χ0n) is 8.10. The fourth-order valence-electron chi connectivity index (χ4n) is 1.35.